The van der Waals surface area contributed by atoms with Crippen molar-refractivity contribution >= 4 is 23.6 Å². The molecule has 31 heavy (non-hydrogen) atoms. The maximum Gasteiger partial charge on any atom is 0.411 e. The van der Waals surface area contributed by atoms with E-state index in [4.69, 9.17) is 15.2 Å². The lowest BCUT2D eigenvalue weighted by Gasteiger charge is -2.35. The van der Waals surface area contributed by atoms with Crippen LogP contribution in [-0.4, -0.2) is 53.2 Å². The van der Waals surface area contributed by atoms with Crippen molar-refractivity contribution in [2.75, 3.05) is 31.3 Å². The van der Waals surface area contributed by atoms with Crippen molar-refractivity contribution in [1.29, 1.82) is 0 Å². The molecule has 1 aromatic carbocycles. The molecule has 1 saturated heterocycles. The Bertz CT molecular complexity index is 934. The number of carbonyl (C=O) groups is 2. The van der Waals surface area contributed by atoms with E-state index in [9.17, 15) is 9.59 Å². The number of nitrogens with one attached hydrogen (secondary N) is 1. The summed E-state index contributed by atoms with van der Waals surface area (Å²) >= 11 is 0. The minimum absolute atomic E-state index is 0.0538. The molecule has 2 heterocycles. The fraction of sp³-hybridized carbons (Fsp3) is 0.455. The van der Waals surface area contributed by atoms with Crippen LogP contribution in [0.2, 0.25) is 0 Å². The Hall–Kier alpha value is -3.36. The third-order valence-electron chi connectivity index (χ3n) is 4.99. The molecule has 0 bridgehead atoms. The lowest BCUT2D eigenvalue weighted by atomic mass is 10.0. The van der Waals surface area contributed by atoms with Crippen LogP contribution in [0.5, 0.6) is 5.75 Å². The summed E-state index contributed by atoms with van der Waals surface area (Å²) in [6, 6.07) is 6.90. The van der Waals surface area contributed by atoms with Crippen molar-refractivity contribution in [1.82, 2.24) is 14.9 Å². The van der Waals surface area contributed by atoms with Crippen molar-refractivity contribution in [3.63, 3.8) is 0 Å². The smallest absolute Gasteiger partial charge is 0.411 e. The minimum atomic E-state index is -0.359. The Balaban J connectivity index is 1.74. The maximum atomic E-state index is 12.9. The number of methoxy groups -OCH3 is 1. The number of aromatic nitrogens is 2. The van der Waals surface area contributed by atoms with Gasteiger partial charge in [0.05, 0.1) is 24.8 Å². The van der Waals surface area contributed by atoms with Crippen LogP contribution in [0.25, 0.3) is 0 Å². The number of rotatable bonds is 7. The van der Waals surface area contributed by atoms with Gasteiger partial charge in [-0.3, -0.25) is 9.69 Å². The Morgan fingerprint density at radius 3 is 2.74 bits per heavy atom. The highest BCUT2D eigenvalue weighted by atomic mass is 16.6. The Labute approximate surface area is 182 Å². The van der Waals surface area contributed by atoms with Crippen LogP contribution >= 0.6 is 0 Å². The number of amides is 1. The van der Waals surface area contributed by atoms with Gasteiger partial charge in [-0.25, -0.2) is 9.78 Å². The number of carbonyl (C=O) groups excluding carboxylic acids is 2. The van der Waals surface area contributed by atoms with E-state index in [1.54, 1.807) is 29.2 Å². The highest BCUT2D eigenvalue weighted by molar-refractivity contribution is 6.13. The van der Waals surface area contributed by atoms with Gasteiger partial charge >= 0.3 is 6.09 Å². The molecule has 1 unspecified atom stereocenters. The van der Waals surface area contributed by atoms with Gasteiger partial charge in [-0.15, -0.1) is 0 Å². The zero-order chi connectivity index (χ0) is 22.4. The SMILES string of the molecule is COc1ccccc1C(=O)c1cnc(NC2CCCCN2C(=O)OCC(C)C)nc1N. The van der Waals surface area contributed by atoms with E-state index in [0.29, 0.717) is 24.5 Å². The van der Waals surface area contributed by atoms with Gasteiger partial charge in [0, 0.05) is 12.7 Å². The average molecular weight is 428 g/mol. The van der Waals surface area contributed by atoms with E-state index in [0.717, 1.165) is 19.3 Å². The van der Waals surface area contributed by atoms with Crippen LogP contribution < -0.4 is 15.8 Å². The maximum absolute atomic E-state index is 12.9. The standard InChI is InChI=1S/C22H29N5O4/c1-14(2)13-31-22(29)27-11-7-6-10-18(27)25-21-24-12-16(20(23)26-21)19(28)15-8-4-5-9-17(15)30-3/h4-5,8-9,12,14,18H,6-7,10-11,13H2,1-3H3,(H3,23,24,25,26). The summed E-state index contributed by atoms with van der Waals surface area (Å²) in [5.74, 6) is 0.697. The molecule has 0 spiro atoms. The van der Waals surface area contributed by atoms with E-state index >= 15 is 0 Å². The third-order valence-corrected chi connectivity index (χ3v) is 4.99. The van der Waals surface area contributed by atoms with E-state index in [1.807, 2.05) is 13.8 Å². The number of hydrogen-bond donors (Lipinski definition) is 2. The number of nitrogens with zero attached hydrogens (tertiary/aromatic N) is 3. The van der Waals surface area contributed by atoms with E-state index < -0.39 is 0 Å². The van der Waals surface area contributed by atoms with Crippen molar-refractivity contribution in [3.05, 3.63) is 41.6 Å². The average Bonchev–Trinajstić information content (AvgIpc) is 2.77. The number of hydrogen-bond acceptors (Lipinski definition) is 8. The monoisotopic (exact) mass is 427 g/mol. The molecule has 1 atom stereocenters. The van der Waals surface area contributed by atoms with E-state index in [-0.39, 0.29) is 41.3 Å². The number of nitrogens with two attached hydrogens (primary N) is 1. The first kappa shape index (κ1) is 22.3. The topological polar surface area (TPSA) is 120 Å². The van der Waals surface area contributed by atoms with Crippen LogP contribution in [-0.2, 0) is 4.74 Å². The largest absolute Gasteiger partial charge is 0.496 e. The second-order valence-corrected chi connectivity index (χ2v) is 7.84. The van der Waals surface area contributed by atoms with Crippen molar-refractivity contribution in [2.45, 2.75) is 39.3 Å². The number of piperidine rings is 1. The van der Waals surface area contributed by atoms with E-state index in [2.05, 4.69) is 15.3 Å². The first-order valence-corrected chi connectivity index (χ1v) is 10.4. The predicted molar refractivity (Wildman–Crippen MR) is 117 cm³/mol. The van der Waals surface area contributed by atoms with E-state index in [1.165, 1.54) is 13.3 Å². The minimum Gasteiger partial charge on any atom is -0.496 e. The number of anilines is 2. The molecule has 0 saturated carbocycles. The summed E-state index contributed by atoms with van der Waals surface area (Å²) in [4.78, 5) is 35.5. The summed E-state index contributed by atoms with van der Waals surface area (Å²) in [5.41, 5.74) is 6.64. The van der Waals surface area contributed by atoms with Crippen molar-refractivity contribution in [2.24, 2.45) is 5.92 Å². The molecule has 3 rings (SSSR count). The lowest BCUT2D eigenvalue weighted by Crippen LogP contribution is -2.48. The molecule has 9 heteroatoms. The van der Waals surface area contributed by atoms with Gasteiger partial charge in [-0.05, 0) is 37.3 Å². The number of nitrogen functional groups attached to an aromatic ring is 1. The molecular formula is C22H29N5O4. The van der Waals surface area contributed by atoms with Crippen molar-refractivity contribution < 1.29 is 19.1 Å². The molecule has 1 amide bonds. The summed E-state index contributed by atoms with van der Waals surface area (Å²) in [7, 11) is 1.50. The Morgan fingerprint density at radius 1 is 1.26 bits per heavy atom. The number of ether oxygens (including phenoxy) is 2. The van der Waals surface area contributed by atoms with Crippen molar-refractivity contribution in [3.8, 4) is 5.75 Å². The Kier molecular flexibility index (Phi) is 7.28. The highest BCUT2D eigenvalue weighted by Gasteiger charge is 2.29. The lowest BCUT2D eigenvalue weighted by molar-refractivity contribution is 0.0708. The number of benzene rings is 1. The van der Waals surface area contributed by atoms with Gasteiger partial charge in [0.15, 0.2) is 0 Å². The zero-order valence-electron chi connectivity index (χ0n) is 18.1. The van der Waals surface area contributed by atoms with Gasteiger partial charge in [0.1, 0.15) is 17.7 Å². The fourth-order valence-corrected chi connectivity index (χ4v) is 3.39. The summed E-state index contributed by atoms with van der Waals surface area (Å²) in [6.07, 6.45) is 3.34. The zero-order valence-corrected chi connectivity index (χ0v) is 18.1. The van der Waals surface area contributed by atoms with Crippen LogP contribution in [0, 0.1) is 5.92 Å². The fourth-order valence-electron chi connectivity index (χ4n) is 3.39. The Morgan fingerprint density at radius 2 is 2.03 bits per heavy atom. The molecule has 1 fully saturated rings. The molecule has 0 radical (unpaired) electrons. The molecule has 1 aliphatic rings. The molecular weight excluding hydrogens is 398 g/mol. The molecule has 1 aromatic heterocycles. The molecule has 9 nitrogen and oxygen atoms in total. The van der Waals surface area contributed by atoms with Crippen LogP contribution in [0.3, 0.4) is 0 Å². The summed E-state index contributed by atoms with van der Waals surface area (Å²) in [5, 5.41) is 3.16. The van der Waals surface area contributed by atoms with Gasteiger partial charge in [0.25, 0.3) is 0 Å². The quantitative estimate of drug-likeness (QED) is 0.646. The summed E-state index contributed by atoms with van der Waals surface area (Å²) < 4.78 is 10.6. The normalized spacial score (nSPS) is 16.1. The van der Waals surface area contributed by atoms with Crippen LogP contribution in [0.1, 0.15) is 49.0 Å². The first-order chi connectivity index (χ1) is 14.9. The van der Waals surface area contributed by atoms with Crippen LogP contribution in [0.4, 0.5) is 16.6 Å². The summed E-state index contributed by atoms with van der Waals surface area (Å²) in [6.45, 7) is 4.94. The number of para-hydroxylation sites is 1. The second kappa shape index (κ2) is 10.1. The molecule has 3 N–H and O–H groups in total. The molecule has 166 valence electrons. The highest BCUT2D eigenvalue weighted by Crippen LogP contribution is 2.24. The number of ketones is 1. The first-order valence-electron chi connectivity index (χ1n) is 10.4. The van der Waals surface area contributed by atoms with Gasteiger partial charge in [-0.2, -0.15) is 4.98 Å². The predicted octanol–water partition coefficient (Wildman–Crippen LogP) is 3.31. The van der Waals surface area contributed by atoms with Gasteiger partial charge in [-0.1, -0.05) is 26.0 Å². The molecule has 0 aliphatic carbocycles. The van der Waals surface area contributed by atoms with Gasteiger partial charge in [0.2, 0.25) is 11.7 Å². The van der Waals surface area contributed by atoms with Gasteiger partial charge < -0.3 is 20.5 Å². The molecule has 1 aliphatic heterocycles. The third kappa shape index (κ3) is 5.42. The second-order valence-electron chi connectivity index (χ2n) is 7.84. The van der Waals surface area contributed by atoms with Crippen LogP contribution in [0.15, 0.2) is 30.5 Å². The number of likely N-dealkylation sites (tertiary alicyclic amines) is 1. The molecule has 2 aromatic rings.